The molecule has 0 saturated heterocycles. The predicted molar refractivity (Wildman–Crippen MR) is 62.3 cm³/mol. The second-order valence-corrected chi connectivity index (χ2v) is 4.40. The SMILES string of the molecule is COCCCN(C)c1nc(Cl)c(C=O)s1. The monoisotopic (exact) mass is 248 g/mol. The molecule has 0 radical (unpaired) electrons. The maximum absolute atomic E-state index is 10.6. The van der Waals surface area contributed by atoms with E-state index in [4.69, 9.17) is 16.3 Å². The summed E-state index contributed by atoms with van der Waals surface area (Å²) in [6.45, 7) is 1.54. The number of halogens is 1. The van der Waals surface area contributed by atoms with Crippen LogP contribution in [0, 0.1) is 0 Å². The van der Waals surface area contributed by atoms with Crippen molar-refractivity contribution in [2.75, 3.05) is 32.2 Å². The first-order chi connectivity index (χ1) is 7.19. The van der Waals surface area contributed by atoms with Crippen LogP contribution < -0.4 is 4.90 Å². The van der Waals surface area contributed by atoms with E-state index in [2.05, 4.69) is 4.98 Å². The van der Waals surface area contributed by atoms with Gasteiger partial charge in [0.15, 0.2) is 16.6 Å². The van der Waals surface area contributed by atoms with Gasteiger partial charge < -0.3 is 9.64 Å². The van der Waals surface area contributed by atoms with Crippen molar-refractivity contribution in [1.82, 2.24) is 4.98 Å². The highest BCUT2D eigenvalue weighted by molar-refractivity contribution is 7.17. The van der Waals surface area contributed by atoms with E-state index in [-0.39, 0.29) is 5.15 Å². The minimum Gasteiger partial charge on any atom is -0.385 e. The van der Waals surface area contributed by atoms with Crippen molar-refractivity contribution in [2.24, 2.45) is 0 Å². The summed E-state index contributed by atoms with van der Waals surface area (Å²) in [5.41, 5.74) is 0. The molecular weight excluding hydrogens is 236 g/mol. The number of aromatic nitrogens is 1. The Hall–Kier alpha value is -0.650. The smallest absolute Gasteiger partial charge is 0.187 e. The number of hydrogen-bond acceptors (Lipinski definition) is 5. The lowest BCUT2D eigenvalue weighted by molar-refractivity contribution is 0.112. The van der Waals surface area contributed by atoms with Crippen LogP contribution in [0.25, 0.3) is 0 Å². The van der Waals surface area contributed by atoms with Crippen LogP contribution in [0.2, 0.25) is 5.15 Å². The van der Waals surface area contributed by atoms with Gasteiger partial charge in [-0.1, -0.05) is 22.9 Å². The fourth-order valence-electron chi connectivity index (χ4n) is 1.08. The van der Waals surface area contributed by atoms with Gasteiger partial charge in [0.05, 0.1) is 0 Å². The number of aldehydes is 1. The molecule has 0 fully saturated rings. The highest BCUT2D eigenvalue weighted by Crippen LogP contribution is 2.27. The molecule has 6 heteroatoms. The highest BCUT2D eigenvalue weighted by Gasteiger charge is 2.11. The summed E-state index contributed by atoms with van der Waals surface area (Å²) in [5, 5.41) is 1.04. The van der Waals surface area contributed by atoms with Gasteiger partial charge in [0.1, 0.15) is 4.88 Å². The molecule has 15 heavy (non-hydrogen) atoms. The van der Waals surface area contributed by atoms with Gasteiger partial charge in [-0.05, 0) is 6.42 Å². The molecule has 0 aromatic carbocycles. The van der Waals surface area contributed by atoms with Crippen molar-refractivity contribution in [3.63, 3.8) is 0 Å². The molecule has 0 aliphatic heterocycles. The summed E-state index contributed by atoms with van der Waals surface area (Å²) < 4.78 is 4.95. The molecule has 1 rings (SSSR count). The maximum atomic E-state index is 10.6. The number of anilines is 1. The van der Waals surface area contributed by atoms with Gasteiger partial charge in [-0.2, -0.15) is 0 Å². The summed E-state index contributed by atoms with van der Waals surface area (Å²) in [6.07, 6.45) is 1.65. The average Bonchev–Trinajstić information content (AvgIpc) is 2.60. The van der Waals surface area contributed by atoms with Gasteiger partial charge >= 0.3 is 0 Å². The second-order valence-electron chi connectivity index (χ2n) is 3.04. The lowest BCUT2D eigenvalue weighted by Crippen LogP contribution is -2.19. The first kappa shape index (κ1) is 12.4. The first-order valence-electron chi connectivity index (χ1n) is 4.50. The van der Waals surface area contributed by atoms with E-state index < -0.39 is 0 Å². The van der Waals surface area contributed by atoms with E-state index in [0.717, 1.165) is 24.4 Å². The Morgan fingerprint density at radius 3 is 2.93 bits per heavy atom. The normalized spacial score (nSPS) is 10.3. The second kappa shape index (κ2) is 6.05. The zero-order valence-corrected chi connectivity index (χ0v) is 10.3. The minimum absolute atomic E-state index is 0.281. The number of carbonyl (C=O) groups excluding carboxylic acids is 1. The van der Waals surface area contributed by atoms with E-state index in [9.17, 15) is 4.79 Å². The predicted octanol–water partition coefficient (Wildman–Crippen LogP) is 2.08. The number of ether oxygens (including phenoxy) is 1. The molecule has 4 nitrogen and oxygen atoms in total. The number of thiazole rings is 1. The van der Waals surface area contributed by atoms with Gasteiger partial charge in [-0.3, -0.25) is 4.79 Å². The number of hydrogen-bond donors (Lipinski definition) is 0. The van der Waals surface area contributed by atoms with Crippen molar-refractivity contribution in [1.29, 1.82) is 0 Å². The van der Waals surface area contributed by atoms with E-state index in [1.807, 2.05) is 11.9 Å². The van der Waals surface area contributed by atoms with Gasteiger partial charge in [-0.15, -0.1) is 0 Å². The van der Waals surface area contributed by atoms with Gasteiger partial charge in [0.2, 0.25) is 0 Å². The summed E-state index contributed by atoms with van der Waals surface area (Å²) in [7, 11) is 3.59. The quantitative estimate of drug-likeness (QED) is 0.571. The number of carbonyl (C=O) groups is 1. The standard InChI is InChI=1S/C9H13ClN2O2S/c1-12(4-3-5-14-2)9-11-8(10)7(6-13)15-9/h6H,3-5H2,1-2H3. The Kier molecular flexibility index (Phi) is 5.01. The average molecular weight is 249 g/mol. The Balaban J connectivity index is 2.57. The van der Waals surface area contributed by atoms with Crippen LogP contribution in [0.4, 0.5) is 5.13 Å². The minimum atomic E-state index is 0.281. The molecular formula is C9H13ClN2O2S. The van der Waals surface area contributed by atoms with Crippen molar-refractivity contribution >= 4 is 34.4 Å². The Morgan fingerprint density at radius 2 is 2.40 bits per heavy atom. The molecule has 0 atom stereocenters. The van der Waals surface area contributed by atoms with Crippen LogP contribution in [-0.2, 0) is 4.74 Å². The number of nitrogens with zero attached hydrogens (tertiary/aromatic N) is 2. The molecule has 0 aliphatic carbocycles. The number of methoxy groups -OCH3 is 1. The van der Waals surface area contributed by atoms with Gasteiger partial charge in [0.25, 0.3) is 0 Å². The fourth-order valence-corrected chi connectivity index (χ4v) is 2.13. The Morgan fingerprint density at radius 1 is 1.67 bits per heavy atom. The molecule has 1 aromatic heterocycles. The van der Waals surface area contributed by atoms with Crippen LogP contribution in [0.1, 0.15) is 16.1 Å². The van der Waals surface area contributed by atoms with Crippen molar-refractivity contribution in [3.8, 4) is 0 Å². The first-order valence-corrected chi connectivity index (χ1v) is 5.70. The molecule has 0 unspecified atom stereocenters. The van der Waals surface area contributed by atoms with Crippen LogP contribution >= 0.6 is 22.9 Å². The van der Waals surface area contributed by atoms with Crippen LogP contribution in [0.5, 0.6) is 0 Å². The van der Waals surface area contributed by atoms with E-state index in [0.29, 0.717) is 11.5 Å². The summed E-state index contributed by atoms with van der Waals surface area (Å²) in [4.78, 5) is 17.1. The van der Waals surface area contributed by atoms with Crippen LogP contribution in [0.3, 0.4) is 0 Å². The fraction of sp³-hybridized carbons (Fsp3) is 0.556. The molecule has 84 valence electrons. The number of rotatable bonds is 6. The molecule has 0 bridgehead atoms. The molecule has 0 N–H and O–H groups in total. The maximum Gasteiger partial charge on any atom is 0.187 e. The highest BCUT2D eigenvalue weighted by atomic mass is 35.5. The van der Waals surface area contributed by atoms with E-state index in [1.165, 1.54) is 11.3 Å². The third kappa shape index (κ3) is 3.44. The molecule has 1 aromatic rings. The van der Waals surface area contributed by atoms with Crippen LogP contribution in [0.15, 0.2) is 0 Å². The topological polar surface area (TPSA) is 42.4 Å². The zero-order valence-electron chi connectivity index (χ0n) is 8.70. The lowest BCUT2D eigenvalue weighted by Gasteiger charge is -2.14. The largest absolute Gasteiger partial charge is 0.385 e. The lowest BCUT2D eigenvalue weighted by atomic mass is 10.4. The van der Waals surface area contributed by atoms with Gasteiger partial charge in [0, 0.05) is 27.3 Å². The summed E-state index contributed by atoms with van der Waals surface area (Å²) >= 11 is 7.07. The molecule has 0 spiro atoms. The Bertz CT molecular complexity index is 330. The summed E-state index contributed by atoms with van der Waals surface area (Å²) in [5.74, 6) is 0. The van der Waals surface area contributed by atoms with Crippen LogP contribution in [-0.4, -0.2) is 38.6 Å². The van der Waals surface area contributed by atoms with Crippen molar-refractivity contribution in [2.45, 2.75) is 6.42 Å². The van der Waals surface area contributed by atoms with Crippen molar-refractivity contribution < 1.29 is 9.53 Å². The summed E-state index contributed by atoms with van der Waals surface area (Å²) in [6, 6.07) is 0. The zero-order chi connectivity index (χ0) is 11.3. The molecule has 1 heterocycles. The van der Waals surface area contributed by atoms with E-state index in [1.54, 1.807) is 7.11 Å². The molecule has 0 saturated carbocycles. The molecule has 0 amide bonds. The third-order valence-electron chi connectivity index (χ3n) is 1.87. The third-order valence-corrected chi connectivity index (χ3v) is 3.37. The van der Waals surface area contributed by atoms with E-state index >= 15 is 0 Å². The molecule has 0 aliphatic rings. The Labute approximate surface area is 97.8 Å². The van der Waals surface area contributed by atoms with Gasteiger partial charge in [-0.25, -0.2) is 4.98 Å². The van der Waals surface area contributed by atoms with Crippen molar-refractivity contribution in [3.05, 3.63) is 10.0 Å².